The van der Waals surface area contributed by atoms with E-state index >= 15 is 0 Å². The highest BCUT2D eigenvalue weighted by atomic mass is 32.1. The van der Waals surface area contributed by atoms with Crippen LogP contribution in [0.3, 0.4) is 0 Å². The zero-order chi connectivity index (χ0) is 17.2. The molecule has 4 rings (SSSR count). The Labute approximate surface area is 154 Å². The van der Waals surface area contributed by atoms with E-state index in [0.29, 0.717) is 0 Å². The predicted octanol–water partition coefficient (Wildman–Crippen LogP) is 5.69. The molecule has 0 amide bonds. The van der Waals surface area contributed by atoms with Crippen LogP contribution in [0.15, 0.2) is 53.2 Å². The number of hydrogen-bond donors (Lipinski definition) is 1. The number of thiophene rings is 1. The van der Waals surface area contributed by atoms with Crippen molar-refractivity contribution >= 4 is 33.6 Å². The first kappa shape index (κ1) is 15.9. The van der Waals surface area contributed by atoms with Gasteiger partial charge in [0.15, 0.2) is 5.13 Å². The predicted molar refractivity (Wildman–Crippen MR) is 106 cm³/mol. The summed E-state index contributed by atoms with van der Waals surface area (Å²) >= 11 is 3.27. The Kier molecular flexibility index (Phi) is 4.29. The maximum Gasteiger partial charge on any atom is 0.188 e. The largest absolute Gasteiger partial charge is 0.316 e. The van der Waals surface area contributed by atoms with Crippen molar-refractivity contribution in [2.24, 2.45) is 0 Å². The Morgan fingerprint density at radius 2 is 1.72 bits per heavy atom. The van der Waals surface area contributed by atoms with Crippen LogP contribution in [-0.4, -0.2) is 15.0 Å². The van der Waals surface area contributed by atoms with Gasteiger partial charge in [0.05, 0.1) is 16.3 Å². The van der Waals surface area contributed by atoms with Crippen LogP contribution in [0.25, 0.3) is 21.8 Å². The van der Waals surface area contributed by atoms with Gasteiger partial charge < -0.3 is 5.32 Å². The minimum absolute atomic E-state index is 0.732. The van der Waals surface area contributed by atoms with Crippen molar-refractivity contribution in [2.45, 2.75) is 13.8 Å². The maximum absolute atomic E-state index is 4.65. The lowest BCUT2D eigenvalue weighted by atomic mass is 10.1. The summed E-state index contributed by atoms with van der Waals surface area (Å²) in [5.41, 5.74) is 4.21. The summed E-state index contributed by atoms with van der Waals surface area (Å²) < 4.78 is 0. The Balaban J connectivity index is 1.61. The topological polar surface area (TPSA) is 50.7 Å². The van der Waals surface area contributed by atoms with Gasteiger partial charge in [-0.3, -0.25) is 0 Å². The van der Waals surface area contributed by atoms with Crippen molar-refractivity contribution in [1.29, 1.82) is 0 Å². The molecule has 1 aromatic carbocycles. The molecule has 4 aromatic rings. The molecule has 0 atom stereocenters. The lowest BCUT2D eigenvalue weighted by molar-refractivity contribution is 1.06. The van der Waals surface area contributed by atoms with Crippen LogP contribution in [0.2, 0.25) is 0 Å². The molecule has 25 heavy (non-hydrogen) atoms. The molecule has 3 heterocycles. The standard InChI is InChI=1S/C19H16N4S2/c1-12-5-7-14(8-6-12)15-10-18(21-13(2)20-15)23-19-22-16(11-25-19)17-4-3-9-24-17/h3-11H,1-2H3,(H,20,21,22,23). The first-order valence-corrected chi connectivity index (χ1v) is 9.62. The highest BCUT2D eigenvalue weighted by Crippen LogP contribution is 2.30. The summed E-state index contributed by atoms with van der Waals surface area (Å²) in [4.78, 5) is 14.9. The number of hydrogen-bond acceptors (Lipinski definition) is 6. The number of aromatic nitrogens is 3. The average molecular weight is 364 g/mol. The third-order valence-corrected chi connectivity index (χ3v) is 5.35. The Bertz CT molecular complexity index is 989. The third-order valence-electron chi connectivity index (χ3n) is 3.70. The second-order valence-corrected chi connectivity index (χ2v) is 7.50. The fourth-order valence-electron chi connectivity index (χ4n) is 2.48. The van der Waals surface area contributed by atoms with Gasteiger partial charge >= 0.3 is 0 Å². The van der Waals surface area contributed by atoms with Crippen LogP contribution in [0.5, 0.6) is 0 Å². The van der Waals surface area contributed by atoms with Crippen molar-refractivity contribution in [3.8, 4) is 21.8 Å². The van der Waals surface area contributed by atoms with Crippen LogP contribution >= 0.6 is 22.7 Å². The van der Waals surface area contributed by atoms with E-state index in [2.05, 4.69) is 68.3 Å². The molecule has 3 aromatic heterocycles. The molecule has 0 unspecified atom stereocenters. The summed E-state index contributed by atoms with van der Waals surface area (Å²) in [6.45, 7) is 3.98. The lowest BCUT2D eigenvalue weighted by Gasteiger charge is -2.07. The average Bonchev–Trinajstić information content (AvgIpc) is 3.26. The molecule has 0 aliphatic rings. The van der Waals surface area contributed by atoms with E-state index < -0.39 is 0 Å². The van der Waals surface area contributed by atoms with E-state index in [1.807, 2.05) is 19.1 Å². The monoisotopic (exact) mass is 364 g/mol. The van der Waals surface area contributed by atoms with E-state index in [0.717, 1.165) is 33.7 Å². The van der Waals surface area contributed by atoms with E-state index in [-0.39, 0.29) is 0 Å². The number of nitrogens with zero attached hydrogens (tertiary/aromatic N) is 3. The van der Waals surface area contributed by atoms with Gasteiger partial charge in [-0.2, -0.15) is 0 Å². The summed E-state index contributed by atoms with van der Waals surface area (Å²) in [5.74, 6) is 1.49. The Hall–Kier alpha value is -2.57. The molecule has 124 valence electrons. The molecule has 0 aliphatic carbocycles. The number of rotatable bonds is 4. The number of benzene rings is 1. The zero-order valence-electron chi connectivity index (χ0n) is 13.9. The minimum atomic E-state index is 0.732. The van der Waals surface area contributed by atoms with Crippen molar-refractivity contribution in [3.05, 3.63) is 64.6 Å². The molecule has 0 spiro atoms. The number of anilines is 2. The van der Waals surface area contributed by atoms with Gasteiger partial charge in [-0.05, 0) is 25.3 Å². The van der Waals surface area contributed by atoms with Gasteiger partial charge in [-0.15, -0.1) is 22.7 Å². The minimum Gasteiger partial charge on any atom is -0.316 e. The molecule has 0 saturated carbocycles. The number of aryl methyl sites for hydroxylation is 2. The van der Waals surface area contributed by atoms with Crippen molar-refractivity contribution in [1.82, 2.24) is 15.0 Å². The Morgan fingerprint density at radius 3 is 2.48 bits per heavy atom. The van der Waals surface area contributed by atoms with Crippen LogP contribution < -0.4 is 5.32 Å². The second kappa shape index (κ2) is 6.74. The molecule has 0 aliphatic heterocycles. The zero-order valence-corrected chi connectivity index (χ0v) is 15.5. The molecular formula is C19H16N4S2. The fourth-order valence-corrected chi connectivity index (χ4v) is 3.96. The van der Waals surface area contributed by atoms with Crippen LogP contribution in [0.1, 0.15) is 11.4 Å². The van der Waals surface area contributed by atoms with Gasteiger partial charge in [0.1, 0.15) is 11.6 Å². The molecule has 1 N–H and O–H groups in total. The normalized spacial score (nSPS) is 10.8. The van der Waals surface area contributed by atoms with Crippen LogP contribution in [0.4, 0.5) is 10.9 Å². The van der Waals surface area contributed by atoms with Gasteiger partial charge in [0.25, 0.3) is 0 Å². The van der Waals surface area contributed by atoms with Crippen molar-refractivity contribution in [3.63, 3.8) is 0 Å². The highest BCUT2D eigenvalue weighted by Gasteiger charge is 2.09. The van der Waals surface area contributed by atoms with E-state index in [1.54, 1.807) is 22.7 Å². The summed E-state index contributed by atoms with van der Waals surface area (Å²) in [6.07, 6.45) is 0. The van der Waals surface area contributed by atoms with Gasteiger partial charge in [0, 0.05) is 17.0 Å². The quantitative estimate of drug-likeness (QED) is 0.505. The summed E-state index contributed by atoms with van der Waals surface area (Å²) in [5, 5.41) is 8.26. The smallest absolute Gasteiger partial charge is 0.188 e. The fraction of sp³-hybridized carbons (Fsp3) is 0.105. The molecule has 4 nitrogen and oxygen atoms in total. The van der Waals surface area contributed by atoms with Crippen LogP contribution in [0, 0.1) is 13.8 Å². The summed E-state index contributed by atoms with van der Waals surface area (Å²) in [6, 6.07) is 14.4. The van der Waals surface area contributed by atoms with Gasteiger partial charge in [-0.25, -0.2) is 15.0 Å². The van der Waals surface area contributed by atoms with Gasteiger partial charge in [0.2, 0.25) is 0 Å². The lowest BCUT2D eigenvalue weighted by Crippen LogP contribution is -1.98. The molecule has 0 saturated heterocycles. The van der Waals surface area contributed by atoms with Crippen molar-refractivity contribution in [2.75, 3.05) is 5.32 Å². The third kappa shape index (κ3) is 3.60. The first-order chi connectivity index (χ1) is 12.2. The van der Waals surface area contributed by atoms with Gasteiger partial charge in [-0.1, -0.05) is 35.9 Å². The van der Waals surface area contributed by atoms with Crippen LogP contribution in [-0.2, 0) is 0 Å². The highest BCUT2D eigenvalue weighted by molar-refractivity contribution is 7.16. The SMILES string of the molecule is Cc1ccc(-c2cc(Nc3nc(-c4cccs4)cs3)nc(C)n2)cc1. The molecular weight excluding hydrogens is 348 g/mol. The summed E-state index contributed by atoms with van der Waals surface area (Å²) in [7, 11) is 0. The van der Waals surface area contributed by atoms with E-state index in [4.69, 9.17) is 0 Å². The van der Waals surface area contributed by atoms with E-state index in [9.17, 15) is 0 Å². The molecule has 6 heteroatoms. The number of nitrogens with one attached hydrogen (secondary N) is 1. The molecule has 0 fully saturated rings. The second-order valence-electron chi connectivity index (χ2n) is 5.69. The van der Waals surface area contributed by atoms with E-state index in [1.165, 1.54) is 10.4 Å². The Morgan fingerprint density at radius 1 is 0.880 bits per heavy atom. The van der Waals surface area contributed by atoms with Crippen molar-refractivity contribution < 1.29 is 0 Å². The maximum atomic E-state index is 4.65. The first-order valence-electron chi connectivity index (χ1n) is 7.86. The molecule has 0 bridgehead atoms. The number of thiazole rings is 1. The molecule has 0 radical (unpaired) electrons.